The second-order valence-corrected chi connectivity index (χ2v) is 8.27. The van der Waals surface area contributed by atoms with Crippen LogP contribution in [0.4, 0.5) is 3.89 Å². The van der Waals surface area contributed by atoms with Crippen molar-refractivity contribution in [1.82, 2.24) is 4.90 Å². The molecule has 0 bridgehead atoms. The number of hydrogen-bond donors (Lipinski definition) is 0. The van der Waals surface area contributed by atoms with Crippen LogP contribution in [0.25, 0.3) is 0 Å². The van der Waals surface area contributed by atoms with Crippen molar-refractivity contribution in [2.24, 2.45) is 0 Å². The predicted molar refractivity (Wildman–Crippen MR) is 108 cm³/mol. The van der Waals surface area contributed by atoms with E-state index in [1.54, 1.807) is 0 Å². The summed E-state index contributed by atoms with van der Waals surface area (Å²) in [5, 5.41) is 0. The van der Waals surface area contributed by atoms with Gasteiger partial charge in [-0.25, -0.2) is 0 Å². The zero-order valence-electron chi connectivity index (χ0n) is 16.4. The van der Waals surface area contributed by atoms with Crippen molar-refractivity contribution in [2.75, 3.05) is 38.6 Å². The van der Waals surface area contributed by atoms with Crippen LogP contribution in [0.5, 0.6) is 11.5 Å². The molecular formula is C21H26FNO5S. The highest BCUT2D eigenvalue weighted by atomic mass is 32.3. The highest BCUT2D eigenvalue weighted by Gasteiger charge is 2.32. The maximum atomic E-state index is 12.9. The van der Waals surface area contributed by atoms with Gasteiger partial charge in [0.25, 0.3) is 0 Å². The Kier molecular flexibility index (Phi) is 7.46. The first-order chi connectivity index (χ1) is 14.0. The molecule has 0 spiro atoms. The van der Waals surface area contributed by atoms with Crippen molar-refractivity contribution in [3.8, 4) is 11.5 Å². The fraction of sp³-hybridized carbons (Fsp3) is 0.429. The van der Waals surface area contributed by atoms with Crippen LogP contribution in [0.15, 0.2) is 54.6 Å². The average Bonchev–Trinajstić information content (AvgIpc) is 2.72. The molecule has 8 heteroatoms. The Labute approximate surface area is 171 Å². The molecule has 1 heterocycles. The largest absolute Gasteiger partial charge is 0.490 e. The van der Waals surface area contributed by atoms with E-state index in [9.17, 15) is 12.3 Å². The van der Waals surface area contributed by atoms with Crippen molar-refractivity contribution in [3.05, 3.63) is 60.2 Å². The van der Waals surface area contributed by atoms with Crippen LogP contribution in [0.3, 0.4) is 0 Å². The van der Waals surface area contributed by atoms with Gasteiger partial charge in [0.1, 0.15) is 6.10 Å². The molecule has 29 heavy (non-hydrogen) atoms. The van der Waals surface area contributed by atoms with Gasteiger partial charge in [-0.2, -0.15) is 8.42 Å². The van der Waals surface area contributed by atoms with E-state index in [2.05, 4.69) is 0 Å². The molecule has 2 aromatic carbocycles. The highest BCUT2D eigenvalue weighted by molar-refractivity contribution is 7.86. The monoisotopic (exact) mass is 423 g/mol. The van der Waals surface area contributed by atoms with E-state index in [0.717, 1.165) is 5.56 Å². The minimum Gasteiger partial charge on any atom is -0.490 e. The van der Waals surface area contributed by atoms with Gasteiger partial charge in [0.2, 0.25) is 0 Å². The first-order valence-electron chi connectivity index (χ1n) is 9.66. The van der Waals surface area contributed by atoms with Gasteiger partial charge in [-0.1, -0.05) is 42.5 Å². The second kappa shape index (κ2) is 10.0. The summed E-state index contributed by atoms with van der Waals surface area (Å²) in [5.41, 5.74) is 0.934. The minimum atomic E-state index is -4.50. The number of rotatable bonds is 9. The average molecular weight is 424 g/mol. The highest BCUT2D eigenvalue weighted by Crippen LogP contribution is 2.34. The third kappa shape index (κ3) is 6.42. The molecule has 1 aliphatic heterocycles. The van der Waals surface area contributed by atoms with Gasteiger partial charge in [-0.3, -0.25) is 4.90 Å². The molecule has 0 radical (unpaired) electrons. The molecule has 1 aliphatic rings. The summed E-state index contributed by atoms with van der Waals surface area (Å²) < 4.78 is 52.7. The molecule has 1 fully saturated rings. The normalized spacial score (nSPS) is 18.9. The van der Waals surface area contributed by atoms with E-state index in [1.807, 2.05) is 66.4 Å². The standard InChI is InChI=1S/C21H26FNO5S/c1-2-26-18-10-6-7-11-19(18)28-21(17-8-4-3-5-9-17)20-16-23(12-14-27-20)13-15-29(22,24)25/h3-11,20-21H,2,12-16H2,1H3/t20-,21?/m1/s1. The summed E-state index contributed by atoms with van der Waals surface area (Å²) in [6.07, 6.45) is -0.772. The molecular weight excluding hydrogens is 397 g/mol. The topological polar surface area (TPSA) is 65.1 Å². The van der Waals surface area contributed by atoms with Crippen LogP contribution in [-0.4, -0.2) is 58.0 Å². The van der Waals surface area contributed by atoms with Gasteiger partial charge in [-0.05, 0) is 24.6 Å². The number of ether oxygens (including phenoxy) is 3. The Morgan fingerprint density at radius 2 is 1.83 bits per heavy atom. The van der Waals surface area contributed by atoms with Crippen LogP contribution in [0.1, 0.15) is 18.6 Å². The lowest BCUT2D eigenvalue weighted by atomic mass is 10.0. The van der Waals surface area contributed by atoms with Crippen LogP contribution in [0.2, 0.25) is 0 Å². The first kappa shape index (κ1) is 21.5. The van der Waals surface area contributed by atoms with Gasteiger partial charge < -0.3 is 14.2 Å². The molecule has 0 amide bonds. The van der Waals surface area contributed by atoms with Crippen LogP contribution >= 0.6 is 0 Å². The van der Waals surface area contributed by atoms with Gasteiger partial charge in [0.15, 0.2) is 17.6 Å². The first-order valence-corrected chi connectivity index (χ1v) is 11.2. The van der Waals surface area contributed by atoms with E-state index in [4.69, 9.17) is 14.2 Å². The fourth-order valence-corrected chi connectivity index (χ4v) is 3.79. The summed E-state index contributed by atoms with van der Waals surface area (Å²) in [6.45, 7) is 3.94. The zero-order chi connectivity index (χ0) is 20.7. The van der Waals surface area contributed by atoms with Crippen molar-refractivity contribution >= 4 is 10.2 Å². The minimum absolute atomic E-state index is 0.121. The number of benzene rings is 2. The van der Waals surface area contributed by atoms with Gasteiger partial charge >= 0.3 is 10.2 Å². The van der Waals surface area contributed by atoms with Crippen molar-refractivity contribution < 1.29 is 26.5 Å². The predicted octanol–water partition coefficient (Wildman–Crippen LogP) is 3.21. The SMILES string of the molecule is CCOc1ccccc1OC(c1ccccc1)[C@H]1CN(CCS(=O)(=O)F)CCO1. The molecule has 2 atom stereocenters. The zero-order valence-corrected chi connectivity index (χ0v) is 17.2. The van der Waals surface area contributed by atoms with E-state index in [0.29, 0.717) is 37.8 Å². The molecule has 1 unspecified atom stereocenters. The number of nitrogens with zero attached hydrogens (tertiary/aromatic N) is 1. The van der Waals surface area contributed by atoms with Gasteiger partial charge in [-0.15, -0.1) is 3.89 Å². The Morgan fingerprint density at radius 1 is 1.14 bits per heavy atom. The van der Waals surface area contributed by atoms with E-state index in [1.165, 1.54) is 0 Å². The number of hydrogen-bond acceptors (Lipinski definition) is 6. The summed E-state index contributed by atoms with van der Waals surface area (Å²) in [4.78, 5) is 1.89. The molecule has 0 aromatic heterocycles. The summed E-state index contributed by atoms with van der Waals surface area (Å²) >= 11 is 0. The molecule has 6 nitrogen and oxygen atoms in total. The maximum Gasteiger partial charge on any atom is 0.303 e. The van der Waals surface area contributed by atoms with Crippen molar-refractivity contribution in [2.45, 2.75) is 19.1 Å². The van der Waals surface area contributed by atoms with Crippen LogP contribution in [-0.2, 0) is 15.0 Å². The Balaban J connectivity index is 1.81. The molecule has 1 saturated heterocycles. The third-order valence-corrected chi connectivity index (χ3v) is 5.37. The fourth-order valence-electron chi connectivity index (χ4n) is 3.32. The molecule has 0 N–H and O–H groups in total. The summed E-state index contributed by atoms with van der Waals surface area (Å²) in [6, 6.07) is 17.1. The Morgan fingerprint density at radius 3 is 2.52 bits per heavy atom. The quantitative estimate of drug-likeness (QED) is 0.577. The van der Waals surface area contributed by atoms with Crippen LogP contribution in [0, 0.1) is 0 Å². The van der Waals surface area contributed by atoms with E-state index >= 15 is 0 Å². The lowest BCUT2D eigenvalue weighted by Gasteiger charge is -2.37. The van der Waals surface area contributed by atoms with Gasteiger partial charge in [0, 0.05) is 19.6 Å². The Hall–Kier alpha value is -2.16. The second-order valence-electron chi connectivity index (χ2n) is 6.78. The van der Waals surface area contributed by atoms with E-state index < -0.39 is 22.1 Å². The summed E-state index contributed by atoms with van der Waals surface area (Å²) in [7, 11) is -4.50. The lowest BCUT2D eigenvalue weighted by molar-refractivity contribution is -0.0810. The molecule has 0 aliphatic carbocycles. The lowest BCUT2D eigenvalue weighted by Crippen LogP contribution is -2.47. The van der Waals surface area contributed by atoms with Crippen molar-refractivity contribution in [1.29, 1.82) is 0 Å². The number of morpholine rings is 1. The Bertz CT molecular complexity index is 878. The molecule has 3 rings (SSSR count). The summed E-state index contributed by atoms with van der Waals surface area (Å²) in [5.74, 6) is 0.728. The maximum absolute atomic E-state index is 12.9. The van der Waals surface area contributed by atoms with Crippen molar-refractivity contribution in [3.63, 3.8) is 0 Å². The molecule has 2 aromatic rings. The molecule has 158 valence electrons. The molecule has 0 saturated carbocycles. The smallest absolute Gasteiger partial charge is 0.303 e. The number of para-hydroxylation sites is 2. The number of halogens is 1. The van der Waals surface area contributed by atoms with Gasteiger partial charge in [0.05, 0.1) is 19.0 Å². The van der Waals surface area contributed by atoms with Crippen LogP contribution < -0.4 is 9.47 Å². The van der Waals surface area contributed by atoms with E-state index in [-0.39, 0.29) is 12.6 Å². The third-order valence-electron chi connectivity index (χ3n) is 4.70.